The second-order valence-electron chi connectivity index (χ2n) is 4.48. The third-order valence-electron chi connectivity index (χ3n) is 2.97. The van der Waals surface area contributed by atoms with E-state index < -0.39 is 0 Å². The van der Waals surface area contributed by atoms with Gasteiger partial charge in [0, 0.05) is 12.2 Å². The van der Waals surface area contributed by atoms with Crippen molar-refractivity contribution in [1.82, 2.24) is 0 Å². The van der Waals surface area contributed by atoms with E-state index in [4.69, 9.17) is 5.26 Å². The Hall–Kier alpha value is -2.27. The number of nitriles is 1. The van der Waals surface area contributed by atoms with Crippen LogP contribution in [0.25, 0.3) is 0 Å². The normalized spacial score (nSPS) is 9.83. The van der Waals surface area contributed by atoms with E-state index in [1.807, 2.05) is 24.3 Å². The van der Waals surface area contributed by atoms with Crippen LogP contribution in [0.3, 0.4) is 0 Å². The molecule has 0 saturated carbocycles. The minimum Gasteiger partial charge on any atom is -0.381 e. The summed E-state index contributed by atoms with van der Waals surface area (Å²) in [5.41, 5.74) is 5.51. The topological polar surface area (TPSA) is 35.8 Å². The SMILES string of the molecule is Cc1ccc(CNc2cccc(C#N)c2)c(C)c1. The zero-order valence-corrected chi connectivity index (χ0v) is 10.7. The molecule has 2 rings (SSSR count). The maximum Gasteiger partial charge on any atom is 0.0992 e. The van der Waals surface area contributed by atoms with Crippen molar-refractivity contribution in [2.45, 2.75) is 20.4 Å². The van der Waals surface area contributed by atoms with E-state index in [0.29, 0.717) is 5.56 Å². The van der Waals surface area contributed by atoms with Gasteiger partial charge >= 0.3 is 0 Å². The van der Waals surface area contributed by atoms with Crippen LogP contribution in [-0.2, 0) is 6.54 Å². The maximum atomic E-state index is 8.84. The van der Waals surface area contributed by atoms with Gasteiger partial charge in [0.05, 0.1) is 11.6 Å². The highest BCUT2D eigenvalue weighted by molar-refractivity contribution is 5.49. The lowest BCUT2D eigenvalue weighted by atomic mass is 10.1. The number of rotatable bonds is 3. The number of benzene rings is 2. The monoisotopic (exact) mass is 236 g/mol. The molecule has 0 heterocycles. The highest BCUT2D eigenvalue weighted by Crippen LogP contribution is 2.14. The number of hydrogen-bond donors (Lipinski definition) is 1. The molecule has 0 aromatic heterocycles. The van der Waals surface area contributed by atoms with Gasteiger partial charge in [-0.15, -0.1) is 0 Å². The van der Waals surface area contributed by atoms with E-state index in [1.54, 1.807) is 0 Å². The van der Waals surface area contributed by atoms with Crippen LogP contribution in [0, 0.1) is 25.2 Å². The molecule has 0 aliphatic carbocycles. The van der Waals surface area contributed by atoms with Gasteiger partial charge in [0.25, 0.3) is 0 Å². The number of anilines is 1. The molecule has 18 heavy (non-hydrogen) atoms. The number of aryl methyl sites for hydroxylation is 2. The third-order valence-corrected chi connectivity index (χ3v) is 2.97. The standard InChI is InChI=1S/C16H16N2/c1-12-6-7-15(13(2)8-12)11-18-16-5-3-4-14(9-16)10-17/h3-9,18H,11H2,1-2H3. The smallest absolute Gasteiger partial charge is 0.0992 e. The Morgan fingerprint density at radius 2 is 1.94 bits per heavy atom. The predicted octanol–water partition coefficient (Wildman–Crippen LogP) is 3.79. The second kappa shape index (κ2) is 5.37. The van der Waals surface area contributed by atoms with E-state index in [2.05, 4.69) is 43.4 Å². The molecule has 2 nitrogen and oxygen atoms in total. The van der Waals surface area contributed by atoms with Crippen molar-refractivity contribution < 1.29 is 0 Å². The highest BCUT2D eigenvalue weighted by atomic mass is 14.9. The third kappa shape index (κ3) is 2.89. The van der Waals surface area contributed by atoms with Crippen molar-refractivity contribution in [1.29, 1.82) is 5.26 Å². The fraction of sp³-hybridized carbons (Fsp3) is 0.188. The van der Waals surface area contributed by atoms with E-state index in [-0.39, 0.29) is 0 Å². The van der Waals surface area contributed by atoms with Gasteiger partial charge in [0.15, 0.2) is 0 Å². The van der Waals surface area contributed by atoms with Crippen molar-refractivity contribution in [2.75, 3.05) is 5.32 Å². The Labute approximate surface area is 108 Å². The number of nitrogens with one attached hydrogen (secondary N) is 1. The van der Waals surface area contributed by atoms with Crippen molar-refractivity contribution in [3.63, 3.8) is 0 Å². The largest absolute Gasteiger partial charge is 0.381 e. The summed E-state index contributed by atoms with van der Waals surface area (Å²) in [5.74, 6) is 0. The average molecular weight is 236 g/mol. The summed E-state index contributed by atoms with van der Waals surface area (Å²) >= 11 is 0. The molecule has 0 fully saturated rings. The summed E-state index contributed by atoms with van der Waals surface area (Å²) in [4.78, 5) is 0. The number of nitrogens with zero attached hydrogens (tertiary/aromatic N) is 1. The van der Waals surface area contributed by atoms with Crippen LogP contribution in [0.2, 0.25) is 0 Å². The Kier molecular flexibility index (Phi) is 3.64. The second-order valence-corrected chi connectivity index (χ2v) is 4.48. The average Bonchev–Trinajstić information content (AvgIpc) is 2.38. The zero-order chi connectivity index (χ0) is 13.0. The van der Waals surface area contributed by atoms with E-state index in [1.165, 1.54) is 16.7 Å². The van der Waals surface area contributed by atoms with Gasteiger partial charge in [-0.25, -0.2) is 0 Å². The highest BCUT2D eigenvalue weighted by Gasteiger charge is 1.99. The Balaban J connectivity index is 2.09. The summed E-state index contributed by atoms with van der Waals surface area (Å²) in [6.07, 6.45) is 0. The van der Waals surface area contributed by atoms with Gasteiger partial charge in [0.2, 0.25) is 0 Å². The van der Waals surface area contributed by atoms with Crippen LogP contribution < -0.4 is 5.32 Å². The lowest BCUT2D eigenvalue weighted by Gasteiger charge is -2.10. The molecule has 1 N–H and O–H groups in total. The lowest BCUT2D eigenvalue weighted by molar-refractivity contribution is 1.11. The Morgan fingerprint density at radius 1 is 1.11 bits per heavy atom. The van der Waals surface area contributed by atoms with Crippen molar-refractivity contribution in [3.8, 4) is 6.07 Å². The minimum absolute atomic E-state index is 0.681. The van der Waals surface area contributed by atoms with E-state index >= 15 is 0 Å². The molecule has 2 aromatic rings. The molecule has 0 bridgehead atoms. The molecular formula is C16H16N2. The van der Waals surface area contributed by atoms with Crippen LogP contribution >= 0.6 is 0 Å². The molecule has 0 amide bonds. The van der Waals surface area contributed by atoms with Gasteiger partial charge < -0.3 is 5.32 Å². The van der Waals surface area contributed by atoms with Crippen molar-refractivity contribution in [3.05, 3.63) is 64.7 Å². The van der Waals surface area contributed by atoms with Crippen LogP contribution in [0.5, 0.6) is 0 Å². The molecule has 2 aromatic carbocycles. The van der Waals surface area contributed by atoms with Gasteiger partial charge in [-0.2, -0.15) is 5.26 Å². The first-order valence-electron chi connectivity index (χ1n) is 5.99. The minimum atomic E-state index is 0.681. The molecule has 0 spiro atoms. The van der Waals surface area contributed by atoms with Gasteiger partial charge in [0.1, 0.15) is 0 Å². The van der Waals surface area contributed by atoms with Crippen molar-refractivity contribution >= 4 is 5.69 Å². The molecule has 0 atom stereocenters. The molecule has 90 valence electrons. The summed E-state index contributed by atoms with van der Waals surface area (Å²) in [6, 6.07) is 16.1. The fourth-order valence-electron chi connectivity index (χ4n) is 1.94. The molecule has 2 heteroatoms. The lowest BCUT2D eigenvalue weighted by Crippen LogP contribution is -2.01. The first kappa shape index (κ1) is 12.2. The Bertz CT molecular complexity index is 594. The number of hydrogen-bond acceptors (Lipinski definition) is 2. The van der Waals surface area contributed by atoms with Gasteiger partial charge in [-0.3, -0.25) is 0 Å². The molecule has 0 aliphatic rings. The summed E-state index contributed by atoms with van der Waals surface area (Å²) in [7, 11) is 0. The summed E-state index contributed by atoms with van der Waals surface area (Å²) in [5, 5.41) is 12.2. The van der Waals surface area contributed by atoms with Crippen LogP contribution in [0.1, 0.15) is 22.3 Å². The first-order valence-corrected chi connectivity index (χ1v) is 5.99. The molecule has 0 unspecified atom stereocenters. The molecule has 0 radical (unpaired) electrons. The Morgan fingerprint density at radius 3 is 2.67 bits per heavy atom. The molecule has 0 aliphatic heterocycles. The van der Waals surface area contributed by atoms with Gasteiger partial charge in [-0.1, -0.05) is 29.8 Å². The molecule has 0 saturated heterocycles. The quantitative estimate of drug-likeness (QED) is 0.880. The predicted molar refractivity (Wildman–Crippen MR) is 74.4 cm³/mol. The van der Waals surface area contributed by atoms with Crippen LogP contribution in [0.4, 0.5) is 5.69 Å². The van der Waals surface area contributed by atoms with Crippen LogP contribution in [0.15, 0.2) is 42.5 Å². The maximum absolute atomic E-state index is 8.84. The zero-order valence-electron chi connectivity index (χ0n) is 10.7. The summed E-state index contributed by atoms with van der Waals surface area (Å²) in [6.45, 7) is 5.00. The van der Waals surface area contributed by atoms with Crippen LogP contribution in [-0.4, -0.2) is 0 Å². The van der Waals surface area contributed by atoms with E-state index in [0.717, 1.165) is 12.2 Å². The summed E-state index contributed by atoms with van der Waals surface area (Å²) < 4.78 is 0. The van der Waals surface area contributed by atoms with Gasteiger partial charge in [-0.05, 0) is 43.2 Å². The van der Waals surface area contributed by atoms with Crippen molar-refractivity contribution in [2.24, 2.45) is 0 Å². The molecular weight excluding hydrogens is 220 g/mol. The van der Waals surface area contributed by atoms with E-state index in [9.17, 15) is 0 Å². The fourth-order valence-corrected chi connectivity index (χ4v) is 1.94. The first-order chi connectivity index (χ1) is 8.69.